The summed E-state index contributed by atoms with van der Waals surface area (Å²) in [7, 11) is 0. The fourth-order valence-corrected chi connectivity index (χ4v) is 2.52. The maximum Gasteiger partial charge on any atom is 0.0466 e. The molecule has 0 amide bonds. The van der Waals surface area contributed by atoms with Crippen molar-refractivity contribution in [2.24, 2.45) is 0 Å². The Morgan fingerprint density at radius 2 is 1.84 bits per heavy atom. The molecule has 0 atom stereocenters. The highest BCUT2D eigenvalue weighted by atomic mass is 16.5. The Balaban J connectivity index is 1.49. The molecule has 0 unspecified atom stereocenters. The molecular weight excluding hydrogens is 236 g/mol. The number of ether oxygens (including phenoxy) is 1. The molecule has 0 aromatic heterocycles. The summed E-state index contributed by atoms with van der Waals surface area (Å²) in [4.78, 5) is 2.51. The van der Waals surface area contributed by atoms with Gasteiger partial charge in [-0.15, -0.1) is 0 Å². The van der Waals surface area contributed by atoms with Gasteiger partial charge in [-0.3, -0.25) is 4.90 Å². The normalized spacial score (nSPS) is 14.8. The van der Waals surface area contributed by atoms with Gasteiger partial charge in [0.1, 0.15) is 0 Å². The summed E-state index contributed by atoms with van der Waals surface area (Å²) in [6.45, 7) is 9.34. The molecule has 3 heteroatoms. The first-order valence-corrected chi connectivity index (χ1v) is 7.47. The van der Waals surface area contributed by atoms with Gasteiger partial charge in [0.25, 0.3) is 0 Å². The number of benzene rings is 1. The molecule has 0 saturated heterocycles. The van der Waals surface area contributed by atoms with E-state index in [0.717, 1.165) is 52.4 Å². The van der Waals surface area contributed by atoms with E-state index in [-0.39, 0.29) is 0 Å². The number of nitrogens with one attached hydrogen (secondary N) is 1. The van der Waals surface area contributed by atoms with Crippen molar-refractivity contribution < 1.29 is 4.74 Å². The zero-order valence-electron chi connectivity index (χ0n) is 12.0. The average Bonchev–Trinajstić information content (AvgIpc) is 2.84. The molecule has 1 aliphatic heterocycles. The lowest BCUT2D eigenvalue weighted by Gasteiger charge is -2.15. The number of fused-ring (bicyclic) bond motifs is 1. The molecule has 2 rings (SSSR count). The average molecular weight is 262 g/mol. The second kappa shape index (κ2) is 8.31. The highest BCUT2D eigenvalue weighted by Crippen LogP contribution is 2.21. The number of hydrogen-bond donors (Lipinski definition) is 1. The molecule has 0 fully saturated rings. The van der Waals surface area contributed by atoms with Gasteiger partial charge < -0.3 is 10.1 Å². The smallest absolute Gasteiger partial charge is 0.0466 e. The molecule has 1 aromatic carbocycles. The van der Waals surface area contributed by atoms with Crippen molar-refractivity contribution in [3.63, 3.8) is 0 Å². The van der Waals surface area contributed by atoms with Gasteiger partial charge >= 0.3 is 0 Å². The fourth-order valence-electron chi connectivity index (χ4n) is 2.52. The number of unbranched alkanes of at least 4 members (excludes halogenated alkanes) is 1. The lowest BCUT2D eigenvalue weighted by atomic mass is 10.1. The van der Waals surface area contributed by atoms with Crippen molar-refractivity contribution in [2.75, 3.05) is 32.8 Å². The van der Waals surface area contributed by atoms with Gasteiger partial charge in [-0.1, -0.05) is 24.3 Å². The standard InChI is InChI=1S/C16H26N2O/c1-2-19-12-6-5-9-17-10-11-18-13-15-7-3-4-8-16(15)14-18/h3-4,7-8,17H,2,5-6,9-14H2,1H3. The van der Waals surface area contributed by atoms with Crippen LogP contribution in [0.15, 0.2) is 24.3 Å². The van der Waals surface area contributed by atoms with Crippen LogP contribution in [0.4, 0.5) is 0 Å². The first-order valence-electron chi connectivity index (χ1n) is 7.47. The third-order valence-electron chi connectivity index (χ3n) is 3.61. The Morgan fingerprint density at radius 1 is 1.11 bits per heavy atom. The van der Waals surface area contributed by atoms with Gasteiger partial charge in [0.15, 0.2) is 0 Å². The minimum Gasteiger partial charge on any atom is -0.382 e. The third kappa shape index (κ3) is 4.94. The van der Waals surface area contributed by atoms with Crippen molar-refractivity contribution in [1.82, 2.24) is 10.2 Å². The first-order chi connectivity index (χ1) is 9.40. The molecule has 0 radical (unpaired) electrons. The Labute approximate surface area is 116 Å². The van der Waals surface area contributed by atoms with Gasteiger partial charge in [-0.05, 0) is 37.4 Å². The summed E-state index contributed by atoms with van der Waals surface area (Å²) in [5.41, 5.74) is 3.00. The first kappa shape index (κ1) is 14.5. The Hall–Kier alpha value is -0.900. The molecule has 0 bridgehead atoms. The number of hydrogen-bond acceptors (Lipinski definition) is 3. The molecule has 0 aliphatic carbocycles. The second-order valence-corrected chi connectivity index (χ2v) is 5.13. The van der Waals surface area contributed by atoms with E-state index < -0.39 is 0 Å². The number of nitrogens with zero attached hydrogens (tertiary/aromatic N) is 1. The Bertz CT molecular complexity index is 343. The van der Waals surface area contributed by atoms with Crippen LogP contribution >= 0.6 is 0 Å². The summed E-state index contributed by atoms with van der Waals surface area (Å²) >= 11 is 0. The maximum absolute atomic E-state index is 5.32. The van der Waals surface area contributed by atoms with E-state index in [1.807, 2.05) is 6.92 Å². The van der Waals surface area contributed by atoms with Crippen LogP contribution in [0.3, 0.4) is 0 Å². The fraction of sp³-hybridized carbons (Fsp3) is 0.625. The van der Waals surface area contributed by atoms with Crippen LogP contribution in [0.25, 0.3) is 0 Å². The van der Waals surface area contributed by atoms with Gasteiger partial charge in [0.2, 0.25) is 0 Å². The summed E-state index contributed by atoms with van der Waals surface area (Å²) < 4.78 is 5.32. The minimum absolute atomic E-state index is 0.836. The van der Waals surface area contributed by atoms with Crippen LogP contribution in [0.5, 0.6) is 0 Å². The highest BCUT2D eigenvalue weighted by molar-refractivity contribution is 5.30. The van der Waals surface area contributed by atoms with Crippen molar-refractivity contribution in [1.29, 1.82) is 0 Å². The molecule has 0 spiro atoms. The number of rotatable bonds is 9. The summed E-state index contributed by atoms with van der Waals surface area (Å²) in [6.07, 6.45) is 2.37. The molecule has 1 aliphatic rings. The van der Waals surface area contributed by atoms with E-state index >= 15 is 0 Å². The largest absolute Gasteiger partial charge is 0.382 e. The van der Waals surface area contributed by atoms with E-state index in [2.05, 4.69) is 34.5 Å². The van der Waals surface area contributed by atoms with E-state index in [1.165, 1.54) is 17.5 Å². The third-order valence-corrected chi connectivity index (χ3v) is 3.61. The molecule has 1 heterocycles. The van der Waals surface area contributed by atoms with Crippen LogP contribution in [0, 0.1) is 0 Å². The van der Waals surface area contributed by atoms with Crippen molar-refractivity contribution in [3.05, 3.63) is 35.4 Å². The monoisotopic (exact) mass is 262 g/mol. The van der Waals surface area contributed by atoms with Crippen molar-refractivity contribution in [2.45, 2.75) is 32.9 Å². The van der Waals surface area contributed by atoms with Gasteiger partial charge in [0.05, 0.1) is 0 Å². The highest BCUT2D eigenvalue weighted by Gasteiger charge is 2.16. The molecule has 3 nitrogen and oxygen atoms in total. The maximum atomic E-state index is 5.32. The minimum atomic E-state index is 0.836. The van der Waals surface area contributed by atoms with Gasteiger partial charge in [-0.25, -0.2) is 0 Å². The second-order valence-electron chi connectivity index (χ2n) is 5.13. The van der Waals surface area contributed by atoms with E-state index in [0.29, 0.717) is 0 Å². The van der Waals surface area contributed by atoms with Gasteiger partial charge in [0, 0.05) is 39.4 Å². The predicted molar refractivity (Wildman–Crippen MR) is 79.2 cm³/mol. The van der Waals surface area contributed by atoms with E-state index in [4.69, 9.17) is 4.74 Å². The lowest BCUT2D eigenvalue weighted by Crippen LogP contribution is -2.29. The summed E-state index contributed by atoms with van der Waals surface area (Å²) in [6, 6.07) is 8.77. The van der Waals surface area contributed by atoms with Gasteiger partial charge in [-0.2, -0.15) is 0 Å². The zero-order valence-corrected chi connectivity index (χ0v) is 12.0. The SMILES string of the molecule is CCOCCCCNCCN1Cc2ccccc2C1. The molecule has 106 valence electrons. The topological polar surface area (TPSA) is 24.5 Å². The van der Waals surface area contributed by atoms with Crippen LogP contribution < -0.4 is 5.32 Å². The van der Waals surface area contributed by atoms with Crippen LogP contribution in [0.1, 0.15) is 30.9 Å². The molecule has 1 aromatic rings. The molecule has 1 N–H and O–H groups in total. The van der Waals surface area contributed by atoms with E-state index in [1.54, 1.807) is 0 Å². The quantitative estimate of drug-likeness (QED) is 0.692. The Kier molecular flexibility index (Phi) is 6.34. The predicted octanol–water partition coefficient (Wildman–Crippen LogP) is 2.41. The van der Waals surface area contributed by atoms with Crippen LogP contribution in [-0.2, 0) is 17.8 Å². The molecule has 19 heavy (non-hydrogen) atoms. The lowest BCUT2D eigenvalue weighted by molar-refractivity contribution is 0.143. The van der Waals surface area contributed by atoms with Crippen molar-refractivity contribution >= 4 is 0 Å². The van der Waals surface area contributed by atoms with E-state index in [9.17, 15) is 0 Å². The zero-order chi connectivity index (χ0) is 13.3. The van der Waals surface area contributed by atoms with Crippen molar-refractivity contribution in [3.8, 4) is 0 Å². The molecular formula is C16H26N2O. The van der Waals surface area contributed by atoms with Crippen LogP contribution in [-0.4, -0.2) is 37.7 Å². The summed E-state index contributed by atoms with van der Waals surface area (Å²) in [5, 5.41) is 3.52. The Morgan fingerprint density at radius 3 is 2.53 bits per heavy atom. The van der Waals surface area contributed by atoms with Crippen LogP contribution in [0.2, 0.25) is 0 Å². The summed E-state index contributed by atoms with van der Waals surface area (Å²) in [5.74, 6) is 0. The molecule has 0 saturated carbocycles.